The van der Waals surface area contributed by atoms with E-state index < -0.39 is 10.0 Å². The highest BCUT2D eigenvalue weighted by Gasteiger charge is 2.18. The first-order valence-corrected chi connectivity index (χ1v) is 8.35. The zero-order chi connectivity index (χ0) is 15.9. The van der Waals surface area contributed by atoms with E-state index in [1.54, 1.807) is 12.1 Å². The van der Waals surface area contributed by atoms with Crippen LogP contribution in [0.15, 0.2) is 29.2 Å². The Hall–Kier alpha value is -1.44. The molecule has 0 saturated carbocycles. The van der Waals surface area contributed by atoms with Gasteiger partial charge in [0.2, 0.25) is 10.0 Å². The number of hydrogen-bond acceptors (Lipinski definition) is 4. The van der Waals surface area contributed by atoms with E-state index >= 15 is 0 Å². The summed E-state index contributed by atoms with van der Waals surface area (Å²) >= 11 is 0. The maximum absolute atomic E-state index is 12.0. The summed E-state index contributed by atoms with van der Waals surface area (Å²) in [6.45, 7) is 4.17. The Morgan fingerprint density at radius 3 is 2.52 bits per heavy atom. The summed E-state index contributed by atoms with van der Waals surface area (Å²) in [5.74, 6) is -0.274. The molecule has 0 radical (unpaired) electrons. The minimum absolute atomic E-state index is 0.115. The number of carbonyl (C=O) groups is 1. The molecule has 0 fully saturated rings. The number of sulfonamides is 1. The summed E-state index contributed by atoms with van der Waals surface area (Å²) in [5, 5.41) is 5.93. The second kappa shape index (κ2) is 8.11. The van der Waals surface area contributed by atoms with Crippen molar-refractivity contribution in [1.82, 2.24) is 14.9 Å². The van der Waals surface area contributed by atoms with E-state index in [1.807, 2.05) is 0 Å². The van der Waals surface area contributed by atoms with Gasteiger partial charge in [-0.25, -0.2) is 12.7 Å². The monoisotopic (exact) mass is 313 g/mol. The molecule has 0 aromatic heterocycles. The third kappa shape index (κ3) is 5.11. The summed E-state index contributed by atoms with van der Waals surface area (Å²) in [6.07, 6.45) is 1.04. The molecule has 21 heavy (non-hydrogen) atoms. The molecule has 7 heteroatoms. The highest BCUT2D eigenvalue weighted by atomic mass is 32.2. The third-order valence-electron chi connectivity index (χ3n) is 2.89. The molecular formula is C14H23N3O3S. The molecule has 0 atom stereocenters. The van der Waals surface area contributed by atoms with Crippen LogP contribution in [-0.2, 0) is 10.0 Å². The van der Waals surface area contributed by atoms with Gasteiger partial charge in [0.25, 0.3) is 5.91 Å². The molecule has 0 aliphatic heterocycles. The summed E-state index contributed by atoms with van der Waals surface area (Å²) in [5.41, 5.74) is 0.341. The average molecular weight is 313 g/mol. The number of hydrogen-bond donors (Lipinski definition) is 2. The van der Waals surface area contributed by atoms with Gasteiger partial charge in [-0.1, -0.05) is 13.0 Å². The van der Waals surface area contributed by atoms with E-state index in [9.17, 15) is 13.2 Å². The van der Waals surface area contributed by atoms with E-state index in [4.69, 9.17) is 0 Å². The minimum atomic E-state index is -3.52. The van der Waals surface area contributed by atoms with Crippen LogP contribution in [-0.4, -0.2) is 52.4 Å². The molecule has 1 aromatic rings. The minimum Gasteiger partial charge on any atom is -0.351 e. The first kappa shape index (κ1) is 17.6. The smallest absolute Gasteiger partial charge is 0.251 e. The van der Waals surface area contributed by atoms with Crippen molar-refractivity contribution in [3.8, 4) is 0 Å². The average Bonchev–Trinajstić information content (AvgIpc) is 2.46. The quantitative estimate of drug-likeness (QED) is 0.691. The predicted molar refractivity (Wildman–Crippen MR) is 82.8 cm³/mol. The van der Waals surface area contributed by atoms with Crippen molar-refractivity contribution in [2.45, 2.75) is 18.2 Å². The summed E-state index contributed by atoms with van der Waals surface area (Å²) in [6, 6.07) is 6.04. The van der Waals surface area contributed by atoms with Crippen LogP contribution in [0.2, 0.25) is 0 Å². The number of carbonyl (C=O) groups excluding carboxylic acids is 1. The fourth-order valence-corrected chi connectivity index (χ4v) is 2.62. The summed E-state index contributed by atoms with van der Waals surface area (Å²) in [7, 11) is -0.605. The molecule has 6 nitrogen and oxygen atoms in total. The summed E-state index contributed by atoms with van der Waals surface area (Å²) in [4.78, 5) is 12.1. The van der Waals surface area contributed by atoms with Crippen molar-refractivity contribution >= 4 is 15.9 Å². The summed E-state index contributed by atoms with van der Waals surface area (Å²) < 4.78 is 25.2. The molecule has 0 bridgehead atoms. The molecular weight excluding hydrogens is 290 g/mol. The molecule has 0 unspecified atom stereocenters. The van der Waals surface area contributed by atoms with Crippen molar-refractivity contribution in [2.75, 3.05) is 33.7 Å². The molecule has 0 aliphatic carbocycles. The zero-order valence-electron chi connectivity index (χ0n) is 12.7. The highest BCUT2D eigenvalue weighted by Crippen LogP contribution is 2.14. The second-order valence-electron chi connectivity index (χ2n) is 4.82. The maximum Gasteiger partial charge on any atom is 0.251 e. The van der Waals surface area contributed by atoms with Crippen molar-refractivity contribution in [2.24, 2.45) is 0 Å². The molecule has 118 valence electrons. The van der Waals surface area contributed by atoms with Gasteiger partial charge in [-0.05, 0) is 31.2 Å². The van der Waals surface area contributed by atoms with Gasteiger partial charge in [-0.15, -0.1) is 0 Å². The van der Waals surface area contributed by atoms with Crippen LogP contribution in [0, 0.1) is 0 Å². The number of nitrogens with one attached hydrogen (secondary N) is 2. The lowest BCUT2D eigenvalue weighted by molar-refractivity contribution is 0.0953. The van der Waals surface area contributed by atoms with Crippen LogP contribution in [0.1, 0.15) is 23.7 Å². The zero-order valence-corrected chi connectivity index (χ0v) is 13.5. The Kier molecular flexibility index (Phi) is 6.80. The molecule has 0 aliphatic rings. The molecule has 0 spiro atoms. The van der Waals surface area contributed by atoms with E-state index in [0.29, 0.717) is 18.7 Å². The van der Waals surface area contributed by atoms with E-state index in [0.717, 1.165) is 17.3 Å². The number of amides is 1. The lowest BCUT2D eigenvalue weighted by atomic mass is 10.2. The Balaban J connectivity index is 2.70. The van der Waals surface area contributed by atoms with Crippen LogP contribution >= 0.6 is 0 Å². The Labute approximate surface area is 126 Å². The van der Waals surface area contributed by atoms with Crippen LogP contribution in [0.4, 0.5) is 0 Å². The first-order chi connectivity index (χ1) is 9.89. The number of nitrogens with zero attached hydrogens (tertiary/aromatic N) is 1. The van der Waals surface area contributed by atoms with Gasteiger partial charge in [0, 0.05) is 32.7 Å². The maximum atomic E-state index is 12.0. The highest BCUT2D eigenvalue weighted by molar-refractivity contribution is 7.89. The molecule has 1 aromatic carbocycles. The largest absolute Gasteiger partial charge is 0.351 e. The fraction of sp³-hybridized carbons (Fsp3) is 0.500. The predicted octanol–water partition coefficient (Wildman–Crippen LogP) is 0.666. The Morgan fingerprint density at radius 1 is 1.19 bits per heavy atom. The molecule has 2 N–H and O–H groups in total. The van der Waals surface area contributed by atoms with Gasteiger partial charge < -0.3 is 10.6 Å². The first-order valence-electron chi connectivity index (χ1n) is 6.91. The third-order valence-corrected chi connectivity index (χ3v) is 4.70. The van der Waals surface area contributed by atoms with Gasteiger partial charge in [-0.2, -0.15) is 0 Å². The topological polar surface area (TPSA) is 78.5 Å². The lowest BCUT2D eigenvalue weighted by Crippen LogP contribution is -2.32. The van der Waals surface area contributed by atoms with Crippen molar-refractivity contribution in [1.29, 1.82) is 0 Å². The molecule has 0 heterocycles. The van der Waals surface area contributed by atoms with Crippen molar-refractivity contribution < 1.29 is 13.2 Å². The van der Waals surface area contributed by atoms with Gasteiger partial charge in [-0.3, -0.25) is 4.79 Å². The van der Waals surface area contributed by atoms with Crippen LogP contribution < -0.4 is 10.6 Å². The van der Waals surface area contributed by atoms with Gasteiger partial charge in [0.1, 0.15) is 0 Å². The van der Waals surface area contributed by atoms with Gasteiger partial charge in [0.05, 0.1) is 4.90 Å². The van der Waals surface area contributed by atoms with Crippen LogP contribution in [0.25, 0.3) is 0 Å². The normalized spacial score (nSPS) is 11.6. The molecule has 1 amide bonds. The number of rotatable bonds is 8. The standard InChI is InChI=1S/C14H23N3O3S/c1-4-8-15-9-10-16-14(18)12-6-5-7-13(11-12)21(19,20)17(2)3/h5-7,11,15H,4,8-10H2,1-3H3,(H,16,18). The Morgan fingerprint density at radius 2 is 1.90 bits per heavy atom. The van der Waals surface area contributed by atoms with Crippen molar-refractivity contribution in [3.63, 3.8) is 0 Å². The van der Waals surface area contributed by atoms with E-state index in [1.165, 1.54) is 26.2 Å². The van der Waals surface area contributed by atoms with E-state index in [2.05, 4.69) is 17.6 Å². The SMILES string of the molecule is CCCNCCNC(=O)c1cccc(S(=O)(=O)N(C)C)c1. The van der Waals surface area contributed by atoms with Crippen LogP contribution in [0.5, 0.6) is 0 Å². The lowest BCUT2D eigenvalue weighted by Gasteiger charge is -2.12. The second-order valence-corrected chi connectivity index (χ2v) is 6.97. The molecule has 0 saturated heterocycles. The van der Waals surface area contributed by atoms with Crippen molar-refractivity contribution in [3.05, 3.63) is 29.8 Å². The van der Waals surface area contributed by atoms with E-state index in [-0.39, 0.29) is 10.8 Å². The Bertz CT molecular complexity index is 571. The van der Waals surface area contributed by atoms with Gasteiger partial charge in [0.15, 0.2) is 0 Å². The number of benzene rings is 1. The molecule has 1 rings (SSSR count). The van der Waals surface area contributed by atoms with Crippen LogP contribution in [0.3, 0.4) is 0 Å². The van der Waals surface area contributed by atoms with Gasteiger partial charge >= 0.3 is 0 Å². The fourth-order valence-electron chi connectivity index (χ4n) is 1.68.